The van der Waals surface area contributed by atoms with Crippen molar-refractivity contribution < 1.29 is 19.8 Å². The van der Waals surface area contributed by atoms with Gasteiger partial charge >= 0.3 is 11.9 Å². The Morgan fingerprint density at radius 1 is 0.838 bits per heavy atom. The first-order valence-corrected chi connectivity index (χ1v) is 13.3. The van der Waals surface area contributed by atoms with Crippen LogP contribution >= 0.6 is 11.8 Å². The van der Waals surface area contributed by atoms with Crippen LogP contribution in [0.15, 0.2) is 76.5 Å². The number of anilines is 3. The summed E-state index contributed by atoms with van der Waals surface area (Å²) < 4.78 is 0. The van der Waals surface area contributed by atoms with E-state index >= 15 is 0 Å². The van der Waals surface area contributed by atoms with E-state index < -0.39 is 11.9 Å². The van der Waals surface area contributed by atoms with E-state index in [9.17, 15) is 9.59 Å². The SMILES string of the molecule is CC(c1ccc(N2CCN(C)CC2)cc1)c1ccc2c(c1)Nc1ccccc1S2.O=C(O)CCC(=O)O. The topological polar surface area (TPSA) is 93.1 Å². The van der Waals surface area contributed by atoms with Gasteiger partial charge in [0.1, 0.15) is 0 Å². The number of rotatable bonds is 6. The molecular formula is C29H33N3O4S. The summed E-state index contributed by atoms with van der Waals surface area (Å²) in [5.41, 5.74) is 6.47. The molecule has 0 bridgehead atoms. The zero-order valence-electron chi connectivity index (χ0n) is 21.2. The van der Waals surface area contributed by atoms with Gasteiger partial charge in [0.15, 0.2) is 0 Å². The van der Waals surface area contributed by atoms with Crippen molar-refractivity contribution in [2.24, 2.45) is 0 Å². The lowest BCUT2D eigenvalue weighted by molar-refractivity contribution is -0.143. The number of para-hydroxylation sites is 1. The maximum absolute atomic E-state index is 9.64. The van der Waals surface area contributed by atoms with Gasteiger partial charge in [0.05, 0.1) is 24.2 Å². The Hall–Kier alpha value is -3.49. The fourth-order valence-electron chi connectivity index (χ4n) is 4.37. The number of likely N-dealkylation sites (N-methyl/N-ethyl adjacent to an activating group) is 1. The molecule has 2 aliphatic heterocycles. The van der Waals surface area contributed by atoms with Crippen molar-refractivity contribution >= 4 is 40.8 Å². The highest BCUT2D eigenvalue weighted by molar-refractivity contribution is 7.99. The van der Waals surface area contributed by atoms with Crippen LogP contribution in [-0.4, -0.2) is 60.3 Å². The predicted molar refractivity (Wildman–Crippen MR) is 148 cm³/mol. The number of hydrogen-bond donors (Lipinski definition) is 3. The van der Waals surface area contributed by atoms with Crippen molar-refractivity contribution in [1.29, 1.82) is 0 Å². The van der Waals surface area contributed by atoms with Gasteiger partial charge in [0.2, 0.25) is 0 Å². The first-order chi connectivity index (χ1) is 17.8. The molecule has 0 spiro atoms. The Balaban J connectivity index is 0.000000349. The Morgan fingerprint density at radius 3 is 2.08 bits per heavy atom. The number of piperazine rings is 1. The van der Waals surface area contributed by atoms with Gasteiger partial charge in [-0.05, 0) is 54.6 Å². The van der Waals surface area contributed by atoms with Gasteiger partial charge in [-0.1, -0.05) is 49.0 Å². The number of benzene rings is 3. The molecule has 0 aromatic heterocycles. The minimum atomic E-state index is -1.08. The third-order valence-electron chi connectivity index (χ3n) is 6.69. The Morgan fingerprint density at radius 2 is 1.43 bits per heavy atom. The van der Waals surface area contributed by atoms with Crippen molar-refractivity contribution in [3.05, 3.63) is 77.9 Å². The van der Waals surface area contributed by atoms with Crippen LogP contribution in [0.5, 0.6) is 0 Å². The minimum Gasteiger partial charge on any atom is -0.481 e. The smallest absolute Gasteiger partial charge is 0.303 e. The molecule has 194 valence electrons. The molecule has 0 amide bonds. The molecular weight excluding hydrogens is 486 g/mol. The summed E-state index contributed by atoms with van der Waals surface area (Å²) in [5.74, 6) is -1.79. The van der Waals surface area contributed by atoms with E-state index in [0.29, 0.717) is 5.92 Å². The van der Waals surface area contributed by atoms with Crippen molar-refractivity contribution in [3.8, 4) is 0 Å². The van der Waals surface area contributed by atoms with Gasteiger partial charge < -0.3 is 25.3 Å². The highest BCUT2D eigenvalue weighted by Gasteiger charge is 2.18. The van der Waals surface area contributed by atoms with Crippen molar-refractivity contribution in [3.63, 3.8) is 0 Å². The molecule has 7 nitrogen and oxygen atoms in total. The molecule has 1 atom stereocenters. The van der Waals surface area contributed by atoms with Crippen LogP contribution in [0.4, 0.5) is 17.1 Å². The zero-order chi connectivity index (χ0) is 26.4. The molecule has 3 aromatic rings. The lowest BCUT2D eigenvalue weighted by Gasteiger charge is -2.34. The Kier molecular flexibility index (Phi) is 8.74. The number of carboxylic acids is 2. The molecule has 2 heterocycles. The van der Waals surface area contributed by atoms with Crippen molar-refractivity contribution in [1.82, 2.24) is 4.90 Å². The number of nitrogens with one attached hydrogen (secondary N) is 1. The van der Waals surface area contributed by atoms with Crippen LogP contribution in [0.1, 0.15) is 36.8 Å². The maximum atomic E-state index is 9.64. The third kappa shape index (κ3) is 7.05. The molecule has 2 aliphatic rings. The van der Waals surface area contributed by atoms with Gasteiger partial charge in [0.25, 0.3) is 0 Å². The highest BCUT2D eigenvalue weighted by atomic mass is 32.2. The zero-order valence-corrected chi connectivity index (χ0v) is 22.0. The van der Waals surface area contributed by atoms with E-state index in [1.165, 1.54) is 38.0 Å². The van der Waals surface area contributed by atoms with E-state index in [-0.39, 0.29) is 12.8 Å². The first kappa shape index (κ1) is 26.6. The molecule has 1 saturated heterocycles. The number of carboxylic acid groups (broad SMARTS) is 2. The van der Waals surface area contributed by atoms with E-state index in [2.05, 4.69) is 95.8 Å². The van der Waals surface area contributed by atoms with E-state index in [1.807, 2.05) is 11.8 Å². The van der Waals surface area contributed by atoms with E-state index in [4.69, 9.17) is 10.2 Å². The Bertz CT molecular complexity index is 1230. The first-order valence-electron chi connectivity index (χ1n) is 12.4. The lowest BCUT2D eigenvalue weighted by Crippen LogP contribution is -2.44. The quantitative estimate of drug-likeness (QED) is 0.297. The van der Waals surface area contributed by atoms with Crippen molar-refractivity contribution in [2.75, 3.05) is 43.4 Å². The molecule has 8 heteroatoms. The van der Waals surface area contributed by atoms with Crippen LogP contribution in [-0.2, 0) is 9.59 Å². The number of fused-ring (bicyclic) bond motifs is 2. The number of aliphatic carboxylic acids is 2. The van der Waals surface area contributed by atoms with E-state index in [1.54, 1.807) is 0 Å². The molecule has 3 N–H and O–H groups in total. The second-order valence-electron chi connectivity index (χ2n) is 9.37. The standard InChI is InChI=1S/C25H27N3S.C4H6O4/c1-18(19-7-10-21(11-8-19)28-15-13-27(2)14-16-28)20-9-12-25-23(17-20)26-22-5-3-4-6-24(22)29-25;5-3(6)1-2-4(7)8/h3-12,17-18,26H,13-16H2,1-2H3;1-2H2,(H,5,6)(H,7,8). The van der Waals surface area contributed by atoms with Crippen molar-refractivity contribution in [2.45, 2.75) is 35.5 Å². The monoisotopic (exact) mass is 519 g/mol. The van der Waals surface area contributed by atoms with E-state index in [0.717, 1.165) is 26.2 Å². The second kappa shape index (κ2) is 12.2. The van der Waals surface area contributed by atoms with Crippen LogP contribution in [0.25, 0.3) is 0 Å². The molecule has 1 fully saturated rings. The van der Waals surface area contributed by atoms with Crippen LogP contribution < -0.4 is 10.2 Å². The fourth-order valence-corrected chi connectivity index (χ4v) is 5.34. The molecule has 1 unspecified atom stereocenters. The summed E-state index contributed by atoms with van der Waals surface area (Å²) >= 11 is 1.85. The average Bonchev–Trinajstić information content (AvgIpc) is 2.91. The van der Waals surface area contributed by atoms with Crippen LogP contribution in [0.2, 0.25) is 0 Å². The normalized spacial score (nSPS) is 15.4. The van der Waals surface area contributed by atoms with Gasteiger partial charge in [-0.3, -0.25) is 9.59 Å². The molecule has 0 saturated carbocycles. The van der Waals surface area contributed by atoms with Gasteiger partial charge in [-0.2, -0.15) is 0 Å². The second-order valence-corrected chi connectivity index (χ2v) is 10.5. The molecule has 0 radical (unpaired) electrons. The Labute approximate surface area is 222 Å². The predicted octanol–water partition coefficient (Wildman–Crippen LogP) is 5.73. The van der Waals surface area contributed by atoms with Crippen LogP contribution in [0.3, 0.4) is 0 Å². The summed E-state index contributed by atoms with van der Waals surface area (Å²) in [6.07, 6.45) is -0.593. The largest absolute Gasteiger partial charge is 0.481 e. The molecule has 5 rings (SSSR count). The highest BCUT2D eigenvalue weighted by Crippen LogP contribution is 2.45. The number of hydrogen-bond acceptors (Lipinski definition) is 6. The summed E-state index contributed by atoms with van der Waals surface area (Å²) in [4.78, 5) is 26.8. The molecule has 3 aromatic carbocycles. The molecule has 37 heavy (non-hydrogen) atoms. The van der Waals surface area contributed by atoms with Gasteiger partial charge in [0, 0.05) is 47.6 Å². The third-order valence-corrected chi connectivity index (χ3v) is 7.85. The van der Waals surface area contributed by atoms with Gasteiger partial charge in [-0.15, -0.1) is 0 Å². The lowest BCUT2D eigenvalue weighted by atomic mass is 9.92. The summed E-state index contributed by atoms with van der Waals surface area (Å²) in [6.45, 7) is 6.81. The summed E-state index contributed by atoms with van der Waals surface area (Å²) in [7, 11) is 2.20. The van der Waals surface area contributed by atoms with Gasteiger partial charge in [-0.25, -0.2) is 0 Å². The summed E-state index contributed by atoms with van der Waals surface area (Å²) in [6, 6.07) is 24.6. The number of carbonyl (C=O) groups is 2. The maximum Gasteiger partial charge on any atom is 0.303 e. The fraction of sp³-hybridized carbons (Fsp3) is 0.310. The average molecular weight is 520 g/mol. The molecule has 0 aliphatic carbocycles. The minimum absolute atomic E-state index is 0.296. The summed E-state index contributed by atoms with van der Waals surface area (Å²) in [5, 5.41) is 19.4. The van der Waals surface area contributed by atoms with Crippen LogP contribution in [0, 0.1) is 0 Å². The number of nitrogens with zero attached hydrogens (tertiary/aromatic N) is 2.